The molecular weight excluding hydrogens is 322 g/mol. The number of aromatic nitrogens is 4. The van der Waals surface area contributed by atoms with Crippen LogP contribution in [0, 0.1) is 0 Å². The Morgan fingerprint density at radius 3 is 2.64 bits per heavy atom. The minimum Gasteiger partial charge on any atom is -0.445 e. The van der Waals surface area contributed by atoms with Crippen LogP contribution in [-0.2, 0) is 16.6 Å². The molecule has 8 nitrogen and oxygen atoms in total. The summed E-state index contributed by atoms with van der Waals surface area (Å²) in [4.78, 5) is 32.4. The largest absolute Gasteiger partial charge is 0.445 e. The molecule has 0 aliphatic carbocycles. The molecule has 3 heterocycles. The average molecular weight is 347 g/mol. The van der Waals surface area contributed by atoms with E-state index in [-0.39, 0.29) is 22.9 Å². The molecular formula is C17H25N5O3. The van der Waals surface area contributed by atoms with Crippen molar-refractivity contribution in [2.75, 3.05) is 13.1 Å². The Bertz CT molecular complexity index is 775. The lowest BCUT2D eigenvalue weighted by Gasteiger charge is -2.30. The smallest absolute Gasteiger partial charge is 0.340 e. The normalized spacial score (nSPS) is 16.4. The van der Waals surface area contributed by atoms with Crippen molar-refractivity contribution in [3.8, 4) is 0 Å². The van der Waals surface area contributed by atoms with Gasteiger partial charge in [0.05, 0.1) is 6.20 Å². The summed E-state index contributed by atoms with van der Waals surface area (Å²) >= 11 is 0. The molecule has 0 atom stereocenters. The van der Waals surface area contributed by atoms with Crippen LogP contribution in [0.1, 0.15) is 63.4 Å². The van der Waals surface area contributed by atoms with Gasteiger partial charge in [0.1, 0.15) is 11.6 Å². The van der Waals surface area contributed by atoms with Crippen molar-refractivity contribution in [3.05, 3.63) is 34.2 Å². The van der Waals surface area contributed by atoms with Gasteiger partial charge in [0, 0.05) is 37.3 Å². The summed E-state index contributed by atoms with van der Waals surface area (Å²) in [6, 6.07) is 0. The molecule has 136 valence electrons. The number of likely N-dealkylation sites (tertiary alicyclic amines) is 1. The van der Waals surface area contributed by atoms with E-state index in [1.54, 1.807) is 6.20 Å². The van der Waals surface area contributed by atoms with Crippen molar-refractivity contribution in [1.82, 2.24) is 25.1 Å². The van der Waals surface area contributed by atoms with E-state index in [2.05, 4.69) is 40.9 Å². The zero-order valence-electron chi connectivity index (χ0n) is 15.0. The molecule has 0 spiro atoms. The van der Waals surface area contributed by atoms with Crippen molar-refractivity contribution >= 4 is 5.91 Å². The average Bonchev–Trinajstić information content (AvgIpc) is 3.21. The van der Waals surface area contributed by atoms with Crippen LogP contribution < -0.4 is 5.69 Å². The molecule has 1 fully saturated rings. The first-order valence-corrected chi connectivity index (χ1v) is 8.70. The number of amides is 1. The molecule has 0 bridgehead atoms. The topological polar surface area (TPSA) is 108 Å². The summed E-state index contributed by atoms with van der Waals surface area (Å²) in [5.74, 6) is 2.45. The molecule has 1 saturated heterocycles. The number of H-pyrrole nitrogens is 2. The molecule has 1 amide bonds. The van der Waals surface area contributed by atoms with E-state index < -0.39 is 0 Å². The summed E-state index contributed by atoms with van der Waals surface area (Å²) < 4.78 is 5.74. The van der Waals surface area contributed by atoms with Crippen LogP contribution in [0.5, 0.6) is 0 Å². The van der Waals surface area contributed by atoms with Crippen LogP contribution in [0.15, 0.2) is 15.4 Å². The molecule has 2 N–H and O–H groups in total. The fraction of sp³-hybridized carbons (Fsp3) is 0.647. The molecule has 0 saturated carbocycles. The molecule has 1 aliphatic heterocycles. The lowest BCUT2D eigenvalue weighted by Crippen LogP contribution is -2.38. The summed E-state index contributed by atoms with van der Waals surface area (Å²) in [7, 11) is 0. The highest BCUT2D eigenvalue weighted by Gasteiger charge is 2.26. The van der Waals surface area contributed by atoms with Crippen LogP contribution in [0.4, 0.5) is 0 Å². The van der Waals surface area contributed by atoms with Crippen molar-refractivity contribution in [3.63, 3.8) is 0 Å². The van der Waals surface area contributed by atoms with Gasteiger partial charge in [-0.2, -0.15) is 5.10 Å². The highest BCUT2D eigenvalue weighted by Crippen LogP contribution is 2.26. The highest BCUT2D eigenvalue weighted by atomic mass is 16.4. The summed E-state index contributed by atoms with van der Waals surface area (Å²) in [5.41, 5.74) is -0.362. The number of oxazole rings is 1. The Balaban J connectivity index is 1.48. The van der Waals surface area contributed by atoms with Crippen LogP contribution >= 0.6 is 0 Å². The first-order valence-electron chi connectivity index (χ1n) is 8.70. The summed E-state index contributed by atoms with van der Waals surface area (Å²) in [5, 5.41) is 6.38. The van der Waals surface area contributed by atoms with Crippen molar-refractivity contribution < 1.29 is 9.21 Å². The molecule has 0 aromatic carbocycles. The van der Waals surface area contributed by atoms with Gasteiger partial charge in [-0.15, -0.1) is 0 Å². The minimum absolute atomic E-state index is 0.0790. The van der Waals surface area contributed by atoms with Crippen LogP contribution in [-0.4, -0.2) is 44.1 Å². The van der Waals surface area contributed by atoms with Crippen molar-refractivity contribution in [2.45, 2.75) is 57.8 Å². The van der Waals surface area contributed by atoms with Gasteiger partial charge >= 0.3 is 5.69 Å². The summed E-state index contributed by atoms with van der Waals surface area (Å²) in [6.45, 7) is 7.56. The van der Waals surface area contributed by atoms with Gasteiger partial charge in [-0.25, -0.2) is 14.9 Å². The monoisotopic (exact) mass is 347 g/mol. The van der Waals surface area contributed by atoms with Crippen LogP contribution in [0.2, 0.25) is 0 Å². The third-order valence-corrected chi connectivity index (χ3v) is 4.60. The second-order valence-corrected chi connectivity index (χ2v) is 7.59. The number of hydrogen-bond acceptors (Lipinski definition) is 5. The second-order valence-electron chi connectivity index (χ2n) is 7.59. The standard InChI is InChI=1S/C17H25N5O3/c1-17(2,3)12-10-18-13(25-12)4-5-14(23)22-8-6-11(7-9-22)15-19-16(24)21-20-15/h10-11H,4-9H2,1-3H3,(H2,19,20,21,24). The molecule has 3 rings (SSSR count). The zero-order valence-corrected chi connectivity index (χ0v) is 15.0. The van der Waals surface area contributed by atoms with Gasteiger partial charge in [-0.05, 0) is 12.8 Å². The van der Waals surface area contributed by atoms with Gasteiger partial charge in [-0.1, -0.05) is 20.8 Å². The van der Waals surface area contributed by atoms with E-state index in [1.807, 2.05) is 4.90 Å². The first-order chi connectivity index (χ1) is 11.8. The quantitative estimate of drug-likeness (QED) is 0.875. The minimum atomic E-state index is -0.283. The zero-order chi connectivity index (χ0) is 18.0. The highest BCUT2D eigenvalue weighted by molar-refractivity contribution is 5.76. The number of carbonyl (C=O) groups excluding carboxylic acids is 1. The molecule has 1 aliphatic rings. The second kappa shape index (κ2) is 6.85. The number of carbonyl (C=O) groups is 1. The van der Waals surface area contributed by atoms with Gasteiger partial charge in [0.15, 0.2) is 5.89 Å². The van der Waals surface area contributed by atoms with Crippen molar-refractivity contribution in [2.24, 2.45) is 0 Å². The third kappa shape index (κ3) is 4.18. The van der Waals surface area contributed by atoms with E-state index in [0.29, 0.717) is 37.6 Å². The van der Waals surface area contributed by atoms with Gasteiger partial charge in [-0.3, -0.25) is 9.78 Å². The SMILES string of the molecule is CC(C)(C)c1cnc(CCC(=O)N2CCC(c3n[nH]c(=O)[nH]3)CC2)o1. The van der Waals surface area contributed by atoms with Crippen LogP contribution in [0.25, 0.3) is 0 Å². The predicted octanol–water partition coefficient (Wildman–Crippen LogP) is 1.72. The number of hydrogen-bond donors (Lipinski definition) is 2. The maximum atomic E-state index is 12.4. The molecule has 8 heteroatoms. The Kier molecular flexibility index (Phi) is 4.78. The van der Waals surface area contributed by atoms with E-state index >= 15 is 0 Å². The number of rotatable bonds is 4. The number of nitrogens with zero attached hydrogens (tertiary/aromatic N) is 3. The van der Waals surface area contributed by atoms with Gasteiger partial charge in [0.2, 0.25) is 5.91 Å². The molecule has 0 radical (unpaired) electrons. The van der Waals surface area contributed by atoms with E-state index in [1.165, 1.54) is 0 Å². The number of nitrogens with one attached hydrogen (secondary N) is 2. The maximum absolute atomic E-state index is 12.4. The van der Waals surface area contributed by atoms with Crippen LogP contribution in [0.3, 0.4) is 0 Å². The van der Waals surface area contributed by atoms with E-state index in [0.717, 1.165) is 18.6 Å². The lowest BCUT2D eigenvalue weighted by atomic mass is 9.94. The molecule has 2 aromatic heterocycles. The number of piperidine rings is 1. The first kappa shape index (κ1) is 17.4. The predicted molar refractivity (Wildman–Crippen MR) is 91.3 cm³/mol. The van der Waals surface area contributed by atoms with E-state index in [9.17, 15) is 9.59 Å². The number of aromatic amines is 2. The lowest BCUT2D eigenvalue weighted by molar-refractivity contribution is -0.132. The van der Waals surface area contributed by atoms with Gasteiger partial charge < -0.3 is 9.32 Å². The molecule has 2 aromatic rings. The molecule has 0 unspecified atom stereocenters. The number of aryl methyl sites for hydroxylation is 1. The summed E-state index contributed by atoms with van der Waals surface area (Å²) in [6.07, 6.45) is 4.27. The Labute approximate surface area is 146 Å². The maximum Gasteiger partial charge on any atom is 0.340 e. The fourth-order valence-corrected chi connectivity index (χ4v) is 3.02. The Hall–Kier alpha value is -2.38. The van der Waals surface area contributed by atoms with Crippen molar-refractivity contribution in [1.29, 1.82) is 0 Å². The Morgan fingerprint density at radius 2 is 2.08 bits per heavy atom. The fourth-order valence-electron chi connectivity index (χ4n) is 3.02. The molecule has 25 heavy (non-hydrogen) atoms. The third-order valence-electron chi connectivity index (χ3n) is 4.60. The Morgan fingerprint density at radius 1 is 1.36 bits per heavy atom. The van der Waals surface area contributed by atoms with E-state index in [4.69, 9.17) is 4.42 Å². The van der Waals surface area contributed by atoms with Gasteiger partial charge in [0.25, 0.3) is 0 Å².